The lowest BCUT2D eigenvalue weighted by molar-refractivity contribution is -0.157. The molecule has 6 nitrogen and oxygen atoms in total. The molecule has 1 saturated heterocycles. The number of aliphatic carboxylic acids is 1. The van der Waals surface area contributed by atoms with Gasteiger partial charge in [-0.3, -0.25) is 9.59 Å². The van der Waals surface area contributed by atoms with Gasteiger partial charge in [0.25, 0.3) is 5.91 Å². The average Bonchev–Trinajstić information content (AvgIpc) is 3.00. The number of halogens is 3. The second-order valence-electron chi connectivity index (χ2n) is 12.0. The Balaban J connectivity index is 1.56. The van der Waals surface area contributed by atoms with Crippen LogP contribution < -0.4 is 10.1 Å². The van der Waals surface area contributed by atoms with E-state index in [4.69, 9.17) is 9.47 Å². The fourth-order valence-corrected chi connectivity index (χ4v) is 6.51. The molecule has 1 heterocycles. The second-order valence-corrected chi connectivity index (χ2v) is 12.0. The highest BCUT2D eigenvalue weighted by molar-refractivity contribution is 5.84. The molecule has 1 aromatic rings. The van der Waals surface area contributed by atoms with E-state index in [9.17, 15) is 27.9 Å². The molecule has 1 saturated carbocycles. The number of rotatable bonds is 9. The molecule has 3 rings (SSSR count). The maximum Gasteiger partial charge on any atom is 0.416 e. The predicted octanol–water partition coefficient (Wildman–Crippen LogP) is 7.02. The molecular weight excluding hydrogens is 523 g/mol. The van der Waals surface area contributed by atoms with E-state index in [1.807, 2.05) is 6.08 Å². The van der Waals surface area contributed by atoms with Crippen LogP contribution in [0.5, 0.6) is 5.75 Å². The third-order valence-corrected chi connectivity index (χ3v) is 8.87. The Labute approximate surface area is 235 Å². The lowest BCUT2D eigenvalue weighted by atomic mass is 9.75. The summed E-state index contributed by atoms with van der Waals surface area (Å²) in [5.41, 5.74) is -1.56. The maximum atomic E-state index is 13.2. The first-order valence-corrected chi connectivity index (χ1v) is 14.4. The van der Waals surface area contributed by atoms with Crippen LogP contribution in [-0.4, -0.2) is 36.3 Å². The molecular formula is C31H44F3NO5. The highest BCUT2D eigenvalue weighted by atomic mass is 19.4. The van der Waals surface area contributed by atoms with E-state index in [0.717, 1.165) is 57.1 Å². The zero-order valence-electron chi connectivity index (χ0n) is 23.9. The van der Waals surface area contributed by atoms with Crippen molar-refractivity contribution in [1.29, 1.82) is 0 Å². The van der Waals surface area contributed by atoms with Gasteiger partial charge in [-0.25, -0.2) is 0 Å². The third kappa shape index (κ3) is 8.72. The first-order valence-electron chi connectivity index (χ1n) is 14.4. The SMILES string of the molecule is C=CC(CC(=O)O)C1CCCCC([C@@H]2CC[C@](C)(C(=O)NCc3cc(OC)cc(C(F)(F)F)c3)OC2)CC(C)C1. The fourth-order valence-electron chi connectivity index (χ4n) is 6.51. The number of methoxy groups -OCH3 is 1. The normalized spacial score (nSPS) is 28.9. The largest absolute Gasteiger partial charge is 0.497 e. The number of ether oxygens (including phenoxy) is 2. The van der Waals surface area contributed by atoms with Crippen molar-refractivity contribution in [3.63, 3.8) is 0 Å². The van der Waals surface area contributed by atoms with Crippen molar-refractivity contribution in [1.82, 2.24) is 5.32 Å². The Morgan fingerprint density at radius 1 is 1.20 bits per heavy atom. The van der Waals surface area contributed by atoms with Gasteiger partial charge in [-0.2, -0.15) is 13.2 Å². The van der Waals surface area contributed by atoms with Crippen molar-refractivity contribution in [3.8, 4) is 5.75 Å². The van der Waals surface area contributed by atoms with Crippen LogP contribution in [0.1, 0.15) is 82.8 Å². The molecule has 0 radical (unpaired) electrons. The van der Waals surface area contributed by atoms with Crippen LogP contribution in [0, 0.1) is 29.6 Å². The maximum absolute atomic E-state index is 13.2. The number of amides is 1. The zero-order chi connectivity index (χ0) is 29.5. The molecule has 0 spiro atoms. The van der Waals surface area contributed by atoms with Gasteiger partial charge < -0.3 is 19.9 Å². The standard InChI is InChI=1S/C31H44F3NO5/c1-5-22(16-28(36)37)23-8-6-7-9-24(13-20(2)12-23)25-10-11-30(3,40-19-25)29(38)35-18-21-14-26(31(32,33)34)17-27(15-21)39-4/h5,14-15,17,20,22-25H,1,6-13,16,18-19H2,2-4H3,(H,35,38)(H,36,37)/t20?,22?,23?,24?,25-,30-/m1/s1. The summed E-state index contributed by atoms with van der Waals surface area (Å²) < 4.78 is 50.9. The molecule has 2 N–H and O–H groups in total. The number of carboxylic acid groups (broad SMARTS) is 1. The summed E-state index contributed by atoms with van der Waals surface area (Å²) in [7, 11) is 1.31. The Morgan fingerprint density at radius 3 is 2.52 bits per heavy atom. The molecule has 1 aromatic carbocycles. The Kier molecular flexibility index (Phi) is 11.1. The van der Waals surface area contributed by atoms with E-state index >= 15 is 0 Å². The van der Waals surface area contributed by atoms with Crippen LogP contribution in [0.15, 0.2) is 30.9 Å². The molecule has 40 heavy (non-hydrogen) atoms. The minimum absolute atomic E-state index is 0.00856. The Morgan fingerprint density at radius 2 is 1.93 bits per heavy atom. The van der Waals surface area contributed by atoms with Crippen LogP contribution in [0.3, 0.4) is 0 Å². The molecule has 2 aliphatic rings. The van der Waals surface area contributed by atoms with Crippen LogP contribution >= 0.6 is 0 Å². The van der Waals surface area contributed by atoms with Gasteiger partial charge in [0.05, 0.1) is 25.7 Å². The van der Waals surface area contributed by atoms with Gasteiger partial charge in [0.2, 0.25) is 0 Å². The number of benzene rings is 1. The molecule has 1 aliphatic heterocycles. The summed E-state index contributed by atoms with van der Waals surface area (Å²) in [6.07, 6.45) is 5.08. The van der Waals surface area contributed by atoms with Crippen LogP contribution in [-0.2, 0) is 27.0 Å². The van der Waals surface area contributed by atoms with Gasteiger partial charge in [-0.05, 0) is 92.4 Å². The monoisotopic (exact) mass is 567 g/mol. The Bertz CT molecular complexity index is 1020. The van der Waals surface area contributed by atoms with Crippen molar-refractivity contribution in [2.24, 2.45) is 29.6 Å². The lowest BCUT2D eigenvalue weighted by Crippen LogP contribution is -2.50. The van der Waals surface area contributed by atoms with Crippen molar-refractivity contribution in [2.75, 3.05) is 13.7 Å². The van der Waals surface area contributed by atoms with E-state index < -0.39 is 23.3 Å². The third-order valence-electron chi connectivity index (χ3n) is 8.87. The number of nitrogens with one attached hydrogen (secondary N) is 1. The van der Waals surface area contributed by atoms with E-state index in [-0.39, 0.29) is 30.5 Å². The first kappa shape index (κ1) is 32.0. The number of carboxylic acids is 1. The van der Waals surface area contributed by atoms with Crippen molar-refractivity contribution in [2.45, 2.75) is 90.0 Å². The number of hydrogen-bond acceptors (Lipinski definition) is 4. The van der Waals surface area contributed by atoms with Gasteiger partial charge in [-0.15, -0.1) is 6.58 Å². The Hall–Kier alpha value is -2.55. The van der Waals surface area contributed by atoms with Gasteiger partial charge in [-0.1, -0.05) is 32.3 Å². The summed E-state index contributed by atoms with van der Waals surface area (Å²) in [4.78, 5) is 24.4. The fraction of sp³-hybridized carbons (Fsp3) is 0.677. The highest BCUT2D eigenvalue weighted by Gasteiger charge is 2.41. The second kappa shape index (κ2) is 13.9. The average molecular weight is 568 g/mol. The summed E-state index contributed by atoms with van der Waals surface area (Å²) in [5.74, 6) is 0.546. The van der Waals surface area contributed by atoms with E-state index in [0.29, 0.717) is 42.3 Å². The zero-order valence-corrected chi connectivity index (χ0v) is 23.9. The van der Waals surface area contributed by atoms with Crippen LogP contribution in [0.4, 0.5) is 13.2 Å². The van der Waals surface area contributed by atoms with Gasteiger partial charge in [0.15, 0.2) is 0 Å². The number of carbonyl (C=O) groups excluding carboxylic acids is 1. The first-order chi connectivity index (χ1) is 18.8. The van der Waals surface area contributed by atoms with Crippen molar-refractivity contribution < 1.29 is 37.3 Å². The van der Waals surface area contributed by atoms with E-state index in [1.54, 1.807) is 6.92 Å². The molecule has 1 aliphatic carbocycles. The van der Waals surface area contributed by atoms with E-state index in [1.165, 1.54) is 13.2 Å². The van der Waals surface area contributed by atoms with Crippen molar-refractivity contribution >= 4 is 11.9 Å². The number of alkyl halides is 3. The summed E-state index contributed by atoms with van der Waals surface area (Å²) in [6.45, 7) is 8.30. The number of carbonyl (C=O) groups is 2. The minimum Gasteiger partial charge on any atom is -0.497 e. The van der Waals surface area contributed by atoms with Gasteiger partial charge in [0.1, 0.15) is 11.4 Å². The highest BCUT2D eigenvalue weighted by Crippen LogP contribution is 2.41. The lowest BCUT2D eigenvalue weighted by Gasteiger charge is -2.40. The smallest absolute Gasteiger partial charge is 0.416 e. The van der Waals surface area contributed by atoms with Crippen LogP contribution in [0.2, 0.25) is 0 Å². The summed E-state index contributed by atoms with van der Waals surface area (Å²) >= 11 is 0. The van der Waals surface area contributed by atoms with Crippen LogP contribution in [0.25, 0.3) is 0 Å². The molecule has 6 atom stereocenters. The summed E-state index contributed by atoms with van der Waals surface area (Å²) in [5, 5.41) is 12.1. The molecule has 1 amide bonds. The number of allylic oxidation sites excluding steroid dienone is 1. The molecule has 0 bridgehead atoms. The minimum atomic E-state index is -4.51. The molecule has 9 heteroatoms. The van der Waals surface area contributed by atoms with Gasteiger partial charge >= 0.3 is 12.1 Å². The molecule has 4 unspecified atom stereocenters. The molecule has 2 fully saturated rings. The summed E-state index contributed by atoms with van der Waals surface area (Å²) in [6, 6.07) is 3.44. The topological polar surface area (TPSA) is 84.9 Å². The number of hydrogen-bond donors (Lipinski definition) is 2. The molecule has 224 valence electrons. The molecule has 0 aromatic heterocycles. The van der Waals surface area contributed by atoms with Crippen molar-refractivity contribution in [3.05, 3.63) is 42.0 Å². The van der Waals surface area contributed by atoms with Gasteiger partial charge in [0, 0.05) is 6.54 Å². The predicted molar refractivity (Wildman–Crippen MR) is 147 cm³/mol. The van der Waals surface area contributed by atoms with E-state index in [2.05, 4.69) is 18.8 Å². The quantitative estimate of drug-likeness (QED) is 0.314.